The van der Waals surface area contributed by atoms with Gasteiger partial charge in [-0.15, -0.1) is 0 Å². The molecular formula is C5H12NO2S-. The van der Waals surface area contributed by atoms with Gasteiger partial charge in [0.05, 0.1) is 0 Å². The topological polar surface area (TPSA) is 52.2 Å². The van der Waals surface area contributed by atoms with Crippen LogP contribution in [0.25, 0.3) is 0 Å². The van der Waals surface area contributed by atoms with Crippen molar-refractivity contribution in [2.45, 2.75) is 19.4 Å². The zero-order valence-electron chi connectivity index (χ0n) is 5.72. The summed E-state index contributed by atoms with van der Waals surface area (Å²) in [6.07, 6.45) is 0.852. The third-order valence-corrected chi connectivity index (χ3v) is 1.91. The van der Waals surface area contributed by atoms with Gasteiger partial charge in [-0.3, -0.25) is 4.21 Å². The summed E-state index contributed by atoms with van der Waals surface area (Å²) in [5.41, 5.74) is 0. The second-order valence-electron chi connectivity index (χ2n) is 1.86. The smallest absolute Gasteiger partial charge is 0.0255 e. The van der Waals surface area contributed by atoms with Crippen LogP contribution >= 0.6 is 0 Å². The molecule has 0 aromatic rings. The van der Waals surface area contributed by atoms with Crippen LogP contribution in [0.3, 0.4) is 0 Å². The average Bonchev–Trinajstić information content (AvgIpc) is 1.82. The van der Waals surface area contributed by atoms with Crippen molar-refractivity contribution in [3.8, 4) is 0 Å². The minimum absolute atomic E-state index is 0.114. The first-order valence-corrected chi connectivity index (χ1v) is 4.18. The van der Waals surface area contributed by atoms with Crippen molar-refractivity contribution in [1.29, 1.82) is 0 Å². The van der Waals surface area contributed by atoms with Gasteiger partial charge in [0, 0.05) is 11.8 Å². The van der Waals surface area contributed by atoms with Crippen LogP contribution in [-0.2, 0) is 11.1 Å². The fourth-order valence-electron chi connectivity index (χ4n) is 0.570. The fraction of sp³-hybridized carbons (Fsp3) is 1.00. The summed E-state index contributed by atoms with van der Waals surface area (Å²) >= 11 is -1.91. The Hall–Kier alpha value is 0.0700. The van der Waals surface area contributed by atoms with Crippen molar-refractivity contribution < 1.29 is 8.76 Å². The summed E-state index contributed by atoms with van der Waals surface area (Å²) in [5, 5.41) is 2.89. The summed E-state index contributed by atoms with van der Waals surface area (Å²) in [5.74, 6) is 0.215. The summed E-state index contributed by atoms with van der Waals surface area (Å²) in [6.45, 7) is 1.95. The maximum Gasteiger partial charge on any atom is 0.0255 e. The maximum absolute atomic E-state index is 10.1. The van der Waals surface area contributed by atoms with Gasteiger partial charge in [0.1, 0.15) is 0 Å². The summed E-state index contributed by atoms with van der Waals surface area (Å²) < 4.78 is 20.2. The Kier molecular flexibility index (Phi) is 4.94. The zero-order chi connectivity index (χ0) is 7.28. The molecule has 0 radical (unpaired) electrons. The minimum atomic E-state index is -1.91. The summed E-state index contributed by atoms with van der Waals surface area (Å²) in [7, 11) is 1.76. The van der Waals surface area contributed by atoms with Crippen molar-refractivity contribution in [2.24, 2.45) is 0 Å². The van der Waals surface area contributed by atoms with Crippen LogP contribution in [0, 0.1) is 0 Å². The van der Waals surface area contributed by atoms with E-state index in [0.29, 0.717) is 0 Å². The highest BCUT2D eigenvalue weighted by molar-refractivity contribution is 7.79. The standard InChI is InChI=1S/C5H13NO2S/c1-3-5(6-2)4-9(7)8/h5-6H,3-4H2,1-2H3,(H,7,8)/p-1. The van der Waals surface area contributed by atoms with Crippen molar-refractivity contribution in [3.63, 3.8) is 0 Å². The minimum Gasteiger partial charge on any atom is -0.772 e. The van der Waals surface area contributed by atoms with Gasteiger partial charge in [-0.25, -0.2) is 0 Å². The molecule has 0 rings (SSSR count). The van der Waals surface area contributed by atoms with E-state index in [1.807, 2.05) is 6.92 Å². The molecule has 56 valence electrons. The Morgan fingerprint density at radius 1 is 1.78 bits per heavy atom. The van der Waals surface area contributed by atoms with E-state index in [4.69, 9.17) is 0 Å². The number of nitrogens with one attached hydrogen (secondary N) is 1. The van der Waals surface area contributed by atoms with Crippen LogP contribution < -0.4 is 5.32 Å². The van der Waals surface area contributed by atoms with Gasteiger partial charge in [-0.2, -0.15) is 0 Å². The van der Waals surface area contributed by atoms with E-state index in [2.05, 4.69) is 5.32 Å². The van der Waals surface area contributed by atoms with Crippen molar-refractivity contribution in [2.75, 3.05) is 12.8 Å². The molecule has 0 aromatic heterocycles. The van der Waals surface area contributed by atoms with Gasteiger partial charge in [0.25, 0.3) is 0 Å². The lowest BCUT2D eigenvalue weighted by Crippen LogP contribution is -2.29. The monoisotopic (exact) mass is 150 g/mol. The molecule has 0 aliphatic heterocycles. The molecule has 4 heteroatoms. The molecule has 0 aliphatic carbocycles. The molecule has 0 aliphatic rings. The van der Waals surface area contributed by atoms with E-state index in [9.17, 15) is 8.76 Å². The second kappa shape index (κ2) is 4.90. The van der Waals surface area contributed by atoms with Crippen LogP contribution in [0.2, 0.25) is 0 Å². The van der Waals surface area contributed by atoms with E-state index in [0.717, 1.165) is 6.42 Å². The van der Waals surface area contributed by atoms with Crippen molar-refractivity contribution in [1.82, 2.24) is 5.32 Å². The molecule has 2 atom stereocenters. The van der Waals surface area contributed by atoms with Crippen LogP contribution in [-0.4, -0.2) is 27.6 Å². The van der Waals surface area contributed by atoms with E-state index in [1.54, 1.807) is 7.05 Å². The molecule has 0 saturated heterocycles. The first-order valence-electron chi connectivity index (χ1n) is 2.93. The molecule has 0 fully saturated rings. The average molecular weight is 150 g/mol. The van der Waals surface area contributed by atoms with Gasteiger partial charge in [0.15, 0.2) is 0 Å². The highest BCUT2D eigenvalue weighted by Gasteiger charge is 2.00. The lowest BCUT2D eigenvalue weighted by molar-refractivity contribution is 0.515. The first-order chi connectivity index (χ1) is 4.20. The third-order valence-electron chi connectivity index (χ3n) is 1.24. The van der Waals surface area contributed by atoms with Crippen LogP contribution in [0.5, 0.6) is 0 Å². The van der Waals surface area contributed by atoms with Gasteiger partial charge in [0.2, 0.25) is 0 Å². The van der Waals surface area contributed by atoms with E-state index >= 15 is 0 Å². The van der Waals surface area contributed by atoms with Crippen LogP contribution in [0.4, 0.5) is 0 Å². The van der Waals surface area contributed by atoms with Crippen LogP contribution in [0.15, 0.2) is 0 Å². The Morgan fingerprint density at radius 3 is 2.44 bits per heavy atom. The zero-order valence-corrected chi connectivity index (χ0v) is 6.53. The molecule has 0 saturated carbocycles. The highest BCUT2D eigenvalue weighted by Crippen LogP contribution is 1.90. The molecule has 0 heterocycles. The largest absolute Gasteiger partial charge is 0.772 e. The molecule has 9 heavy (non-hydrogen) atoms. The van der Waals surface area contributed by atoms with E-state index in [1.165, 1.54) is 0 Å². The third kappa shape index (κ3) is 4.57. The molecule has 3 nitrogen and oxygen atoms in total. The predicted molar refractivity (Wildman–Crippen MR) is 36.9 cm³/mol. The molecular weight excluding hydrogens is 138 g/mol. The Balaban J connectivity index is 3.43. The van der Waals surface area contributed by atoms with Crippen LogP contribution in [0.1, 0.15) is 13.3 Å². The predicted octanol–water partition coefficient (Wildman–Crippen LogP) is -0.137. The quantitative estimate of drug-likeness (QED) is 0.568. The summed E-state index contributed by atoms with van der Waals surface area (Å²) in [4.78, 5) is 0. The SMILES string of the molecule is CCC(CS(=O)[O-])NC. The Morgan fingerprint density at radius 2 is 2.33 bits per heavy atom. The fourth-order valence-corrected chi connectivity index (χ4v) is 1.30. The lowest BCUT2D eigenvalue weighted by atomic mass is 10.3. The lowest BCUT2D eigenvalue weighted by Gasteiger charge is -2.14. The Labute approximate surface area is 58.1 Å². The van der Waals surface area contributed by atoms with Gasteiger partial charge in [-0.05, 0) is 13.5 Å². The molecule has 2 unspecified atom stereocenters. The van der Waals surface area contributed by atoms with E-state index in [-0.39, 0.29) is 11.8 Å². The van der Waals surface area contributed by atoms with Gasteiger partial charge < -0.3 is 9.87 Å². The van der Waals surface area contributed by atoms with Gasteiger partial charge >= 0.3 is 0 Å². The molecule has 0 bridgehead atoms. The number of hydrogen-bond acceptors (Lipinski definition) is 3. The number of rotatable bonds is 4. The second-order valence-corrected chi connectivity index (χ2v) is 2.81. The first kappa shape index (κ1) is 9.07. The molecule has 1 N–H and O–H groups in total. The molecule has 0 spiro atoms. The molecule has 0 aromatic carbocycles. The normalized spacial score (nSPS) is 17.2. The summed E-state index contributed by atoms with van der Waals surface area (Å²) in [6, 6.07) is 0.114. The number of hydrogen-bond donors (Lipinski definition) is 1. The van der Waals surface area contributed by atoms with Crippen molar-refractivity contribution >= 4 is 11.1 Å². The molecule has 0 amide bonds. The van der Waals surface area contributed by atoms with Gasteiger partial charge in [-0.1, -0.05) is 18.0 Å². The van der Waals surface area contributed by atoms with Crippen molar-refractivity contribution in [3.05, 3.63) is 0 Å². The maximum atomic E-state index is 10.1. The Bertz CT molecular complexity index is 93.0. The van der Waals surface area contributed by atoms with E-state index < -0.39 is 11.1 Å². The highest BCUT2D eigenvalue weighted by atomic mass is 32.2.